The van der Waals surface area contributed by atoms with E-state index in [1.54, 1.807) is 54.6 Å². The number of benzene rings is 3. The van der Waals surface area contributed by atoms with E-state index in [2.05, 4.69) is 10.6 Å². The first-order valence-corrected chi connectivity index (χ1v) is 10.3. The Kier molecular flexibility index (Phi) is 8.02. The van der Waals surface area contributed by atoms with Crippen LogP contribution in [0.5, 0.6) is 17.2 Å². The Balaban J connectivity index is 2.05. The third-order valence-electron chi connectivity index (χ3n) is 4.91. The van der Waals surface area contributed by atoms with Gasteiger partial charge in [-0.1, -0.05) is 18.2 Å². The Hall–Kier alpha value is -4.86. The number of hydrogen-bond acceptors (Lipinski definition) is 7. The molecule has 3 rings (SSSR count). The summed E-state index contributed by atoms with van der Waals surface area (Å²) in [5, 5.41) is 16.9. The number of rotatable bonds is 9. The van der Waals surface area contributed by atoms with E-state index in [0.717, 1.165) is 0 Å². The van der Waals surface area contributed by atoms with Crippen molar-refractivity contribution in [2.75, 3.05) is 26.6 Å². The molecule has 0 saturated heterocycles. The molecule has 0 radical (unpaired) electrons. The summed E-state index contributed by atoms with van der Waals surface area (Å²) in [6.45, 7) is 0. The molecular weight excluding hydrogens is 454 g/mol. The Bertz CT molecular complexity index is 1260. The highest BCUT2D eigenvalue weighted by Crippen LogP contribution is 2.35. The largest absolute Gasteiger partial charge is 0.497 e. The maximum Gasteiger partial charge on any atom is 0.280 e. The van der Waals surface area contributed by atoms with Crippen LogP contribution in [0.4, 0.5) is 11.4 Å². The standard InChI is InChI=1S/C25H23N3O7/c1-33-19-11-9-18(10-12-19)26-25(30)20(27-24(29)16-7-5-4-6-8-16)13-17-14-22(34-2)23(35-3)15-21(17)28(31)32/h4-15H,1-3H3,(H,26,30)(H,27,29). The van der Waals surface area contributed by atoms with E-state index in [0.29, 0.717) is 17.0 Å². The first-order valence-electron chi connectivity index (χ1n) is 10.3. The fourth-order valence-electron chi connectivity index (χ4n) is 3.13. The highest BCUT2D eigenvalue weighted by molar-refractivity contribution is 6.11. The SMILES string of the molecule is COc1ccc(NC(=O)C(=Cc2cc(OC)c(OC)cc2[N+](=O)[O-])NC(=O)c2ccccc2)cc1. The van der Waals surface area contributed by atoms with Crippen LogP contribution in [-0.4, -0.2) is 38.1 Å². The Morgan fingerprint density at radius 2 is 1.51 bits per heavy atom. The van der Waals surface area contributed by atoms with Crippen LogP contribution >= 0.6 is 0 Å². The molecule has 0 bridgehead atoms. The van der Waals surface area contributed by atoms with Gasteiger partial charge in [0.2, 0.25) is 0 Å². The van der Waals surface area contributed by atoms with Crippen LogP contribution in [0.2, 0.25) is 0 Å². The normalized spacial score (nSPS) is 10.8. The van der Waals surface area contributed by atoms with Gasteiger partial charge in [0.05, 0.1) is 37.9 Å². The zero-order valence-electron chi connectivity index (χ0n) is 19.2. The minimum absolute atomic E-state index is 0.0286. The first-order chi connectivity index (χ1) is 16.9. The average molecular weight is 477 g/mol. The average Bonchev–Trinajstić information content (AvgIpc) is 2.88. The minimum Gasteiger partial charge on any atom is -0.497 e. The highest BCUT2D eigenvalue weighted by Gasteiger charge is 2.22. The zero-order chi connectivity index (χ0) is 25.4. The van der Waals surface area contributed by atoms with Gasteiger partial charge < -0.3 is 24.8 Å². The number of hydrogen-bond donors (Lipinski definition) is 2. The van der Waals surface area contributed by atoms with Crippen LogP contribution in [0, 0.1) is 10.1 Å². The molecule has 180 valence electrons. The van der Waals surface area contributed by atoms with Gasteiger partial charge in [0.1, 0.15) is 11.4 Å². The van der Waals surface area contributed by atoms with Gasteiger partial charge in [-0.2, -0.15) is 0 Å². The highest BCUT2D eigenvalue weighted by atomic mass is 16.6. The van der Waals surface area contributed by atoms with Gasteiger partial charge in [-0.3, -0.25) is 19.7 Å². The second-order valence-corrected chi connectivity index (χ2v) is 7.08. The molecule has 0 aliphatic rings. The second kappa shape index (κ2) is 11.3. The van der Waals surface area contributed by atoms with Crippen LogP contribution in [0.15, 0.2) is 72.4 Å². The Labute approximate surface area is 201 Å². The second-order valence-electron chi connectivity index (χ2n) is 7.08. The van der Waals surface area contributed by atoms with Crippen molar-refractivity contribution in [1.29, 1.82) is 0 Å². The number of anilines is 1. The van der Waals surface area contributed by atoms with E-state index in [1.807, 2.05) is 0 Å². The number of nitrogens with one attached hydrogen (secondary N) is 2. The summed E-state index contributed by atoms with van der Waals surface area (Å²) in [6, 6.07) is 17.3. The molecule has 3 aromatic rings. The Morgan fingerprint density at radius 1 is 0.886 bits per heavy atom. The molecule has 0 fully saturated rings. The lowest BCUT2D eigenvalue weighted by Gasteiger charge is -2.13. The number of nitrogens with zero attached hydrogens (tertiary/aromatic N) is 1. The van der Waals surface area contributed by atoms with E-state index in [1.165, 1.54) is 39.5 Å². The van der Waals surface area contributed by atoms with Crippen molar-refractivity contribution in [2.24, 2.45) is 0 Å². The fraction of sp³-hybridized carbons (Fsp3) is 0.120. The van der Waals surface area contributed by atoms with Gasteiger partial charge in [0.15, 0.2) is 11.5 Å². The third kappa shape index (κ3) is 6.14. The van der Waals surface area contributed by atoms with Gasteiger partial charge in [0, 0.05) is 11.3 Å². The molecule has 0 aliphatic carbocycles. The van der Waals surface area contributed by atoms with Crippen molar-refractivity contribution in [3.05, 3.63) is 93.7 Å². The van der Waals surface area contributed by atoms with Crippen LogP contribution in [0.3, 0.4) is 0 Å². The van der Waals surface area contributed by atoms with Gasteiger partial charge in [0.25, 0.3) is 17.5 Å². The molecule has 0 aliphatic heterocycles. The first kappa shape index (κ1) is 24.8. The van der Waals surface area contributed by atoms with Crippen LogP contribution in [0.1, 0.15) is 15.9 Å². The number of nitro benzene ring substituents is 1. The summed E-state index contributed by atoms with van der Waals surface area (Å²) < 4.78 is 15.5. The summed E-state index contributed by atoms with van der Waals surface area (Å²) in [7, 11) is 4.25. The van der Waals surface area contributed by atoms with Crippen molar-refractivity contribution in [2.45, 2.75) is 0 Å². The molecule has 0 heterocycles. The summed E-state index contributed by atoms with van der Waals surface area (Å²) in [5.41, 5.74) is 0.201. The van der Waals surface area contributed by atoms with Gasteiger partial charge in [-0.05, 0) is 48.5 Å². The number of methoxy groups -OCH3 is 3. The predicted octanol–water partition coefficient (Wildman–Crippen LogP) is 4.03. The molecule has 35 heavy (non-hydrogen) atoms. The van der Waals surface area contributed by atoms with E-state index >= 15 is 0 Å². The fourth-order valence-corrected chi connectivity index (χ4v) is 3.13. The maximum absolute atomic E-state index is 13.1. The summed E-state index contributed by atoms with van der Waals surface area (Å²) in [4.78, 5) is 37.0. The van der Waals surface area contributed by atoms with Crippen molar-refractivity contribution in [1.82, 2.24) is 5.32 Å². The van der Waals surface area contributed by atoms with Crippen molar-refractivity contribution in [3.63, 3.8) is 0 Å². The van der Waals surface area contributed by atoms with Crippen molar-refractivity contribution in [3.8, 4) is 17.2 Å². The van der Waals surface area contributed by atoms with Gasteiger partial charge in [-0.25, -0.2) is 0 Å². The van der Waals surface area contributed by atoms with Crippen LogP contribution in [-0.2, 0) is 4.79 Å². The third-order valence-corrected chi connectivity index (χ3v) is 4.91. The predicted molar refractivity (Wildman–Crippen MR) is 130 cm³/mol. The quantitative estimate of drug-likeness (QED) is 0.270. The lowest BCUT2D eigenvalue weighted by Crippen LogP contribution is -2.30. The van der Waals surface area contributed by atoms with Crippen molar-refractivity contribution < 1.29 is 28.7 Å². The van der Waals surface area contributed by atoms with E-state index in [-0.39, 0.29) is 28.4 Å². The van der Waals surface area contributed by atoms with Crippen LogP contribution < -0.4 is 24.8 Å². The number of ether oxygens (including phenoxy) is 3. The molecule has 3 aromatic carbocycles. The smallest absolute Gasteiger partial charge is 0.280 e. The summed E-state index contributed by atoms with van der Waals surface area (Å²) in [5.74, 6) is -0.298. The van der Waals surface area contributed by atoms with E-state index in [9.17, 15) is 19.7 Å². The molecule has 0 unspecified atom stereocenters. The minimum atomic E-state index is -0.691. The van der Waals surface area contributed by atoms with Gasteiger partial charge >= 0.3 is 0 Å². The Morgan fingerprint density at radius 3 is 2.09 bits per heavy atom. The zero-order valence-corrected chi connectivity index (χ0v) is 19.2. The molecule has 0 aromatic heterocycles. The van der Waals surface area contributed by atoms with Gasteiger partial charge in [-0.15, -0.1) is 0 Å². The number of nitro groups is 1. The monoisotopic (exact) mass is 477 g/mol. The molecule has 0 saturated carbocycles. The number of amides is 2. The molecule has 2 amide bonds. The van der Waals surface area contributed by atoms with E-state index in [4.69, 9.17) is 14.2 Å². The molecule has 2 N–H and O–H groups in total. The number of carbonyl (C=O) groups excluding carboxylic acids is 2. The number of carbonyl (C=O) groups is 2. The lowest BCUT2D eigenvalue weighted by molar-refractivity contribution is -0.385. The summed E-state index contributed by atoms with van der Waals surface area (Å²) >= 11 is 0. The lowest BCUT2D eigenvalue weighted by atomic mass is 10.1. The molecular formula is C25H23N3O7. The topological polar surface area (TPSA) is 129 Å². The molecule has 0 atom stereocenters. The van der Waals surface area contributed by atoms with E-state index < -0.39 is 16.7 Å². The molecule has 10 nitrogen and oxygen atoms in total. The maximum atomic E-state index is 13.1. The molecule has 0 spiro atoms. The van der Waals surface area contributed by atoms with Crippen molar-refractivity contribution >= 4 is 29.3 Å². The van der Waals surface area contributed by atoms with Crippen LogP contribution in [0.25, 0.3) is 6.08 Å². The summed E-state index contributed by atoms with van der Waals surface area (Å²) in [6.07, 6.45) is 1.21. The molecule has 10 heteroatoms.